The SMILES string of the molecule is CCNC(=NCCCN1CCCC1C(=O)N(C)C)NC(C)CCS(C)(=O)=O. The van der Waals surface area contributed by atoms with Crippen molar-refractivity contribution in [2.24, 2.45) is 4.99 Å². The minimum Gasteiger partial charge on any atom is -0.357 e. The minimum absolute atomic E-state index is 0.00589. The van der Waals surface area contributed by atoms with E-state index in [1.54, 1.807) is 4.90 Å². The lowest BCUT2D eigenvalue weighted by Gasteiger charge is -2.25. The van der Waals surface area contributed by atoms with Crippen LogP contribution in [-0.4, -0.2) is 94.5 Å². The highest BCUT2D eigenvalue weighted by Crippen LogP contribution is 2.18. The summed E-state index contributed by atoms with van der Waals surface area (Å²) in [6.07, 6.45) is 4.68. The van der Waals surface area contributed by atoms with E-state index >= 15 is 0 Å². The molecule has 1 heterocycles. The number of likely N-dealkylation sites (N-methyl/N-ethyl adjacent to an activating group) is 1. The summed E-state index contributed by atoms with van der Waals surface area (Å²) in [7, 11) is 0.663. The van der Waals surface area contributed by atoms with Crippen molar-refractivity contribution in [3.05, 3.63) is 0 Å². The number of nitrogens with one attached hydrogen (secondary N) is 2. The molecule has 0 radical (unpaired) electrons. The van der Waals surface area contributed by atoms with E-state index in [2.05, 4.69) is 20.5 Å². The number of hydrogen-bond acceptors (Lipinski definition) is 5. The minimum atomic E-state index is -2.95. The molecule has 2 N–H and O–H groups in total. The standard InChI is InChI=1S/C18H37N5O3S/c1-6-19-18(21-15(2)10-14-27(5,25)26)20-11-8-13-23-12-7-9-16(23)17(24)22(3)4/h15-16H,6-14H2,1-5H3,(H2,19,20,21). The number of rotatable bonds is 10. The van der Waals surface area contributed by atoms with Crippen LogP contribution >= 0.6 is 0 Å². The average Bonchev–Trinajstić information content (AvgIpc) is 3.04. The lowest BCUT2D eigenvalue weighted by Crippen LogP contribution is -2.43. The molecule has 0 aliphatic carbocycles. The second kappa shape index (κ2) is 11.5. The zero-order valence-electron chi connectivity index (χ0n) is 17.5. The van der Waals surface area contributed by atoms with Gasteiger partial charge in [-0.15, -0.1) is 0 Å². The number of sulfone groups is 1. The van der Waals surface area contributed by atoms with Gasteiger partial charge >= 0.3 is 0 Å². The maximum absolute atomic E-state index is 12.2. The predicted octanol–water partition coefficient (Wildman–Crippen LogP) is 0.307. The lowest BCUT2D eigenvalue weighted by atomic mass is 10.2. The third-order valence-electron chi connectivity index (χ3n) is 4.61. The first-order valence-electron chi connectivity index (χ1n) is 9.81. The third kappa shape index (κ3) is 9.41. The Morgan fingerprint density at radius 1 is 1.37 bits per heavy atom. The van der Waals surface area contributed by atoms with Gasteiger partial charge in [0.25, 0.3) is 0 Å². The van der Waals surface area contributed by atoms with Crippen LogP contribution in [0.15, 0.2) is 4.99 Å². The van der Waals surface area contributed by atoms with E-state index in [9.17, 15) is 13.2 Å². The summed E-state index contributed by atoms with van der Waals surface area (Å²) in [6, 6.07) is 0.0320. The Morgan fingerprint density at radius 2 is 2.07 bits per heavy atom. The second-order valence-corrected chi connectivity index (χ2v) is 9.76. The first-order chi connectivity index (χ1) is 12.6. The number of carbonyl (C=O) groups is 1. The van der Waals surface area contributed by atoms with Gasteiger partial charge in [-0.1, -0.05) is 0 Å². The Balaban J connectivity index is 2.45. The molecule has 9 heteroatoms. The molecule has 0 bridgehead atoms. The molecule has 1 amide bonds. The number of hydrogen-bond donors (Lipinski definition) is 2. The van der Waals surface area contributed by atoms with Gasteiger partial charge in [-0.25, -0.2) is 8.42 Å². The Kier molecular flexibility index (Phi) is 10.1. The first kappa shape index (κ1) is 23.7. The molecule has 1 saturated heterocycles. The van der Waals surface area contributed by atoms with Crippen molar-refractivity contribution >= 4 is 21.7 Å². The van der Waals surface area contributed by atoms with Gasteiger partial charge in [0.15, 0.2) is 5.96 Å². The molecule has 0 aromatic heterocycles. The van der Waals surface area contributed by atoms with Gasteiger partial charge in [0.1, 0.15) is 9.84 Å². The van der Waals surface area contributed by atoms with Crippen LogP contribution in [0.3, 0.4) is 0 Å². The molecule has 1 fully saturated rings. The van der Waals surface area contributed by atoms with E-state index < -0.39 is 9.84 Å². The predicted molar refractivity (Wildman–Crippen MR) is 111 cm³/mol. The van der Waals surface area contributed by atoms with Gasteiger partial charge in [-0.05, 0) is 46.1 Å². The number of nitrogens with zero attached hydrogens (tertiary/aromatic N) is 3. The van der Waals surface area contributed by atoms with Crippen molar-refractivity contribution in [1.82, 2.24) is 20.4 Å². The number of carbonyl (C=O) groups excluding carboxylic acids is 1. The van der Waals surface area contributed by atoms with Crippen LogP contribution in [0, 0.1) is 0 Å². The molecule has 2 unspecified atom stereocenters. The van der Waals surface area contributed by atoms with Crippen LogP contribution in [0.4, 0.5) is 0 Å². The van der Waals surface area contributed by atoms with Crippen molar-refractivity contribution in [3.63, 3.8) is 0 Å². The lowest BCUT2D eigenvalue weighted by molar-refractivity contribution is -0.133. The van der Waals surface area contributed by atoms with Crippen molar-refractivity contribution in [2.75, 3.05) is 52.3 Å². The van der Waals surface area contributed by atoms with Crippen molar-refractivity contribution < 1.29 is 13.2 Å². The van der Waals surface area contributed by atoms with Crippen molar-refractivity contribution in [3.8, 4) is 0 Å². The van der Waals surface area contributed by atoms with E-state index in [0.717, 1.165) is 38.9 Å². The summed E-state index contributed by atoms with van der Waals surface area (Å²) in [5, 5.41) is 6.46. The zero-order valence-corrected chi connectivity index (χ0v) is 18.3. The Morgan fingerprint density at radius 3 is 2.67 bits per heavy atom. The smallest absolute Gasteiger partial charge is 0.239 e. The number of guanidine groups is 1. The van der Waals surface area contributed by atoms with Gasteiger partial charge in [0.2, 0.25) is 5.91 Å². The molecule has 1 rings (SSSR count). The summed E-state index contributed by atoms with van der Waals surface area (Å²) in [6.45, 7) is 7.19. The largest absolute Gasteiger partial charge is 0.357 e. The number of amides is 1. The maximum Gasteiger partial charge on any atom is 0.239 e. The van der Waals surface area contributed by atoms with E-state index in [1.807, 2.05) is 27.9 Å². The molecule has 2 atom stereocenters. The fourth-order valence-corrected chi connectivity index (χ4v) is 3.93. The van der Waals surface area contributed by atoms with Crippen LogP contribution in [0.25, 0.3) is 0 Å². The van der Waals surface area contributed by atoms with E-state index in [1.165, 1.54) is 6.26 Å². The molecule has 0 aromatic carbocycles. The van der Waals surface area contributed by atoms with E-state index in [0.29, 0.717) is 18.9 Å². The molecule has 0 spiro atoms. The van der Waals surface area contributed by atoms with Gasteiger partial charge in [0.05, 0.1) is 11.8 Å². The summed E-state index contributed by atoms with van der Waals surface area (Å²) in [4.78, 5) is 20.7. The highest BCUT2D eigenvalue weighted by Gasteiger charge is 2.30. The molecule has 0 saturated carbocycles. The third-order valence-corrected chi connectivity index (χ3v) is 5.59. The highest BCUT2D eigenvalue weighted by atomic mass is 32.2. The first-order valence-corrected chi connectivity index (χ1v) is 11.9. The molecule has 0 aromatic rings. The molecular weight excluding hydrogens is 366 g/mol. The maximum atomic E-state index is 12.2. The molecule has 158 valence electrons. The molecule has 27 heavy (non-hydrogen) atoms. The van der Waals surface area contributed by atoms with E-state index in [-0.39, 0.29) is 23.7 Å². The zero-order chi connectivity index (χ0) is 20.4. The molecular formula is C18H37N5O3S. The van der Waals surface area contributed by atoms with Crippen LogP contribution in [0.5, 0.6) is 0 Å². The summed E-state index contributed by atoms with van der Waals surface area (Å²) in [5.74, 6) is 1.06. The quantitative estimate of drug-likeness (QED) is 0.310. The van der Waals surface area contributed by atoms with Gasteiger partial charge in [-0.3, -0.25) is 14.7 Å². The summed E-state index contributed by atoms with van der Waals surface area (Å²) >= 11 is 0. The van der Waals surface area contributed by atoms with Crippen LogP contribution < -0.4 is 10.6 Å². The number of aliphatic imine (C=N–C) groups is 1. The van der Waals surface area contributed by atoms with Crippen LogP contribution in [0.1, 0.15) is 39.5 Å². The highest BCUT2D eigenvalue weighted by molar-refractivity contribution is 7.90. The van der Waals surface area contributed by atoms with Crippen LogP contribution in [0.2, 0.25) is 0 Å². The fraction of sp³-hybridized carbons (Fsp3) is 0.889. The summed E-state index contributed by atoms with van der Waals surface area (Å²) in [5.41, 5.74) is 0. The second-order valence-electron chi connectivity index (χ2n) is 7.50. The molecule has 8 nitrogen and oxygen atoms in total. The normalized spacial score (nSPS) is 19.7. The Labute approximate surface area is 164 Å². The fourth-order valence-electron chi connectivity index (χ4n) is 3.15. The van der Waals surface area contributed by atoms with Gasteiger partial charge in [0, 0.05) is 46.0 Å². The van der Waals surface area contributed by atoms with Crippen LogP contribution in [-0.2, 0) is 14.6 Å². The van der Waals surface area contributed by atoms with Crippen molar-refractivity contribution in [2.45, 2.75) is 51.6 Å². The average molecular weight is 404 g/mol. The van der Waals surface area contributed by atoms with Gasteiger partial charge < -0.3 is 15.5 Å². The number of likely N-dealkylation sites (tertiary alicyclic amines) is 1. The monoisotopic (exact) mass is 403 g/mol. The van der Waals surface area contributed by atoms with Gasteiger partial charge in [-0.2, -0.15) is 0 Å². The van der Waals surface area contributed by atoms with Crippen molar-refractivity contribution in [1.29, 1.82) is 0 Å². The summed E-state index contributed by atoms with van der Waals surface area (Å²) < 4.78 is 22.6. The molecule has 1 aliphatic rings. The Bertz CT molecular complexity index is 592. The van der Waals surface area contributed by atoms with E-state index in [4.69, 9.17) is 0 Å². The Hall–Kier alpha value is -1.35. The topological polar surface area (TPSA) is 94.1 Å². The molecule has 1 aliphatic heterocycles.